The van der Waals surface area contributed by atoms with Crippen LogP contribution >= 0.6 is 22.9 Å². The average molecular weight is 219 g/mol. The van der Waals surface area contributed by atoms with E-state index in [9.17, 15) is 0 Å². The van der Waals surface area contributed by atoms with Crippen LogP contribution in [0, 0.1) is 22.7 Å². The van der Waals surface area contributed by atoms with Crippen molar-refractivity contribution in [3.63, 3.8) is 0 Å². The van der Waals surface area contributed by atoms with E-state index in [2.05, 4.69) is 6.07 Å². The zero-order valence-corrected chi connectivity index (χ0v) is 8.49. The van der Waals surface area contributed by atoms with E-state index in [1.54, 1.807) is 12.1 Å². The van der Waals surface area contributed by atoms with Crippen LogP contribution in [0.1, 0.15) is 10.4 Å². The van der Waals surface area contributed by atoms with Gasteiger partial charge in [-0.2, -0.15) is 10.5 Å². The van der Waals surface area contributed by atoms with Crippen LogP contribution in [0.4, 0.5) is 0 Å². The molecule has 0 fully saturated rings. The molecule has 0 unspecified atom stereocenters. The smallest absolute Gasteiger partial charge is 0.110 e. The first-order valence-electron chi connectivity index (χ1n) is 3.78. The van der Waals surface area contributed by atoms with Crippen molar-refractivity contribution in [1.82, 2.24) is 0 Å². The molecule has 1 aromatic carbocycles. The second-order valence-corrected chi connectivity index (χ2v) is 4.13. The second-order valence-electron chi connectivity index (χ2n) is 2.67. The number of nitrogens with zero attached hydrogens (tertiary/aromatic N) is 2. The predicted octanol–water partition coefficient (Wildman–Crippen LogP) is 3.30. The average Bonchev–Trinajstić information content (AvgIpc) is 2.62. The highest BCUT2D eigenvalue weighted by Gasteiger charge is 2.08. The topological polar surface area (TPSA) is 47.6 Å². The molecule has 1 heterocycles. The molecule has 0 radical (unpaired) electrons. The fourth-order valence-corrected chi connectivity index (χ4v) is 2.40. The predicted molar refractivity (Wildman–Crippen MR) is 56.3 cm³/mol. The zero-order valence-electron chi connectivity index (χ0n) is 6.91. The molecule has 0 saturated carbocycles. The molecule has 0 saturated heterocycles. The van der Waals surface area contributed by atoms with Gasteiger partial charge in [-0.15, -0.1) is 11.3 Å². The van der Waals surface area contributed by atoms with E-state index < -0.39 is 0 Å². The normalized spacial score (nSPS) is 9.64. The molecule has 0 N–H and O–H groups in total. The molecular formula is C10H3ClN2S. The van der Waals surface area contributed by atoms with Gasteiger partial charge in [0.05, 0.1) is 10.6 Å². The molecule has 4 heteroatoms. The molecule has 0 amide bonds. The lowest BCUT2D eigenvalue weighted by atomic mass is 10.2. The van der Waals surface area contributed by atoms with Gasteiger partial charge in [0.2, 0.25) is 0 Å². The molecule has 0 aliphatic carbocycles. The summed E-state index contributed by atoms with van der Waals surface area (Å²) in [7, 11) is 0. The van der Waals surface area contributed by atoms with Gasteiger partial charge in [-0.05, 0) is 18.2 Å². The largest absolute Gasteiger partial charge is 0.192 e. The molecule has 66 valence electrons. The van der Waals surface area contributed by atoms with Gasteiger partial charge in [-0.3, -0.25) is 0 Å². The van der Waals surface area contributed by atoms with Crippen molar-refractivity contribution in [3.05, 3.63) is 33.7 Å². The van der Waals surface area contributed by atoms with Gasteiger partial charge < -0.3 is 0 Å². The summed E-state index contributed by atoms with van der Waals surface area (Å²) < 4.78 is 0.936. The van der Waals surface area contributed by atoms with E-state index in [-0.39, 0.29) is 0 Å². The summed E-state index contributed by atoms with van der Waals surface area (Å²) in [5, 5.41) is 18.7. The molecule has 14 heavy (non-hydrogen) atoms. The van der Waals surface area contributed by atoms with Crippen molar-refractivity contribution < 1.29 is 0 Å². The van der Waals surface area contributed by atoms with E-state index in [0.717, 1.165) is 10.1 Å². The minimum atomic E-state index is 0.433. The molecule has 0 spiro atoms. The maximum absolute atomic E-state index is 8.75. The SMILES string of the molecule is N#Cc1cc2c(Cl)c(C#N)ccc2s1. The van der Waals surface area contributed by atoms with Crippen LogP contribution in [0.15, 0.2) is 18.2 Å². The standard InChI is InChI=1S/C10H3ClN2S/c11-10-6(4-12)1-2-9-8(10)3-7(5-13)14-9/h1-3H. The van der Waals surface area contributed by atoms with Gasteiger partial charge in [-0.25, -0.2) is 0 Å². The lowest BCUT2D eigenvalue weighted by Gasteiger charge is -1.94. The van der Waals surface area contributed by atoms with Gasteiger partial charge >= 0.3 is 0 Å². The molecule has 2 nitrogen and oxygen atoms in total. The van der Waals surface area contributed by atoms with Crippen LogP contribution in [0.25, 0.3) is 10.1 Å². The molecular weight excluding hydrogens is 216 g/mol. The summed E-state index contributed by atoms with van der Waals surface area (Å²) >= 11 is 7.36. The first kappa shape index (κ1) is 9.02. The number of hydrogen-bond donors (Lipinski definition) is 0. The summed E-state index contributed by atoms with van der Waals surface area (Å²) in [5.41, 5.74) is 0.446. The summed E-state index contributed by atoms with van der Waals surface area (Å²) in [6, 6.07) is 9.25. The van der Waals surface area contributed by atoms with Crippen molar-refractivity contribution in [3.8, 4) is 12.1 Å². The number of fused-ring (bicyclic) bond motifs is 1. The van der Waals surface area contributed by atoms with Crippen LogP contribution in [0.2, 0.25) is 5.02 Å². The van der Waals surface area contributed by atoms with Crippen LogP contribution in [0.3, 0.4) is 0 Å². The number of nitriles is 2. The monoisotopic (exact) mass is 218 g/mol. The van der Waals surface area contributed by atoms with E-state index in [0.29, 0.717) is 15.5 Å². The number of halogens is 1. The van der Waals surface area contributed by atoms with E-state index in [1.165, 1.54) is 11.3 Å². The van der Waals surface area contributed by atoms with Gasteiger partial charge in [0.15, 0.2) is 0 Å². The van der Waals surface area contributed by atoms with E-state index in [1.807, 2.05) is 12.1 Å². The molecule has 0 aliphatic rings. The number of hydrogen-bond acceptors (Lipinski definition) is 3. The van der Waals surface area contributed by atoms with Crippen LogP contribution in [-0.2, 0) is 0 Å². The Labute approximate surface area is 89.6 Å². The summed E-state index contributed by atoms with van der Waals surface area (Å²) in [6.45, 7) is 0. The van der Waals surface area contributed by atoms with Crippen LogP contribution in [-0.4, -0.2) is 0 Å². The van der Waals surface area contributed by atoms with Gasteiger partial charge in [0, 0.05) is 10.1 Å². The third kappa shape index (κ3) is 1.24. The fraction of sp³-hybridized carbons (Fsp3) is 0. The molecule has 1 aromatic heterocycles. The third-order valence-corrected chi connectivity index (χ3v) is 3.28. The van der Waals surface area contributed by atoms with Gasteiger partial charge in [-0.1, -0.05) is 11.6 Å². The van der Waals surface area contributed by atoms with Crippen molar-refractivity contribution >= 4 is 33.0 Å². The molecule has 0 aliphatic heterocycles. The first-order valence-corrected chi connectivity index (χ1v) is 4.98. The van der Waals surface area contributed by atoms with Gasteiger partial charge in [0.25, 0.3) is 0 Å². The Bertz CT molecular complexity index is 586. The van der Waals surface area contributed by atoms with E-state index >= 15 is 0 Å². The Morgan fingerprint density at radius 1 is 1.21 bits per heavy atom. The summed E-state index contributed by atoms with van der Waals surface area (Å²) in [4.78, 5) is 0.608. The molecule has 2 aromatic rings. The fourth-order valence-electron chi connectivity index (χ4n) is 1.22. The number of benzene rings is 1. The Hall–Kier alpha value is -1.55. The number of thiophene rings is 1. The zero-order chi connectivity index (χ0) is 10.1. The van der Waals surface area contributed by atoms with Crippen LogP contribution in [0.5, 0.6) is 0 Å². The van der Waals surface area contributed by atoms with Gasteiger partial charge in [0.1, 0.15) is 17.0 Å². The summed E-state index contributed by atoms with van der Waals surface area (Å²) in [6.07, 6.45) is 0. The second kappa shape index (κ2) is 3.31. The minimum Gasteiger partial charge on any atom is -0.192 e. The lowest BCUT2D eigenvalue weighted by Crippen LogP contribution is -1.75. The maximum Gasteiger partial charge on any atom is 0.110 e. The highest BCUT2D eigenvalue weighted by Crippen LogP contribution is 2.32. The Morgan fingerprint density at radius 3 is 2.64 bits per heavy atom. The first-order chi connectivity index (χ1) is 6.76. The van der Waals surface area contributed by atoms with Crippen molar-refractivity contribution in [2.45, 2.75) is 0 Å². The Kier molecular flexibility index (Phi) is 2.13. The summed E-state index contributed by atoms with van der Waals surface area (Å²) in [5.74, 6) is 0. The molecule has 2 rings (SSSR count). The van der Waals surface area contributed by atoms with E-state index in [4.69, 9.17) is 22.1 Å². The molecule has 0 bridgehead atoms. The molecule has 0 atom stereocenters. The van der Waals surface area contributed by atoms with Crippen molar-refractivity contribution in [1.29, 1.82) is 10.5 Å². The van der Waals surface area contributed by atoms with Crippen LogP contribution < -0.4 is 0 Å². The lowest BCUT2D eigenvalue weighted by molar-refractivity contribution is 1.50. The third-order valence-electron chi connectivity index (χ3n) is 1.87. The van der Waals surface area contributed by atoms with Crippen molar-refractivity contribution in [2.24, 2.45) is 0 Å². The number of rotatable bonds is 0. The van der Waals surface area contributed by atoms with Crippen molar-refractivity contribution in [2.75, 3.05) is 0 Å². The Balaban J connectivity index is 2.85. The maximum atomic E-state index is 8.75. The highest BCUT2D eigenvalue weighted by atomic mass is 35.5. The Morgan fingerprint density at radius 2 is 2.00 bits per heavy atom. The highest BCUT2D eigenvalue weighted by molar-refractivity contribution is 7.19. The minimum absolute atomic E-state index is 0.433. The quantitative estimate of drug-likeness (QED) is 0.681.